The largest absolute Gasteiger partial charge is 0.491 e. The fourth-order valence-electron chi connectivity index (χ4n) is 1.81. The first kappa shape index (κ1) is 15.7. The van der Waals surface area contributed by atoms with Crippen LogP contribution in [-0.4, -0.2) is 19.1 Å². The Hall–Kier alpha value is -1.71. The second-order valence-electron chi connectivity index (χ2n) is 4.49. The maximum absolute atomic E-state index is 12.0. The van der Waals surface area contributed by atoms with Gasteiger partial charge in [0.2, 0.25) is 0 Å². The SMILES string of the molecule is Cc1ccccc1OCCNC(=O)c1ccc(Cl)cc1Cl. The minimum Gasteiger partial charge on any atom is -0.491 e. The quantitative estimate of drug-likeness (QED) is 0.841. The Kier molecular flexibility index (Phi) is 5.48. The van der Waals surface area contributed by atoms with Crippen molar-refractivity contribution in [2.24, 2.45) is 0 Å². The van der Waals surface area contributed by atoms with E-state index < -0.39 is 0 Å². The summed E-state index contributed by atoms with van der Waals surface area (Å²) in [4.78, 5) is 12.0. The molecule has 0 bridgehead atoms. The molecule has 0 aliphatic rings. The molecule has 0 aliphatic heterocycles. The Morgan fingerprint density at radius 3 is 2.67 bits per heavy atom. The van der Waals surface area contributed by atoms with Gasteiger partial charge >= 0.3 is 0 Å². The summed E-state index contributed by atoms with van der Waals surface area (Å²) in [5, 5.41) is 3.59. The van der Waals surface area contributed by atoms with E-state index in [1.54, 1.807) is 18.2 Å². The molecule has 0 saturated carbocycles. The standard InChI is InChI=1S/C16H15Cl2NO2/c1-11-4-2-3-5-15(11)21-9-8-19-16(20)13-7-6-12(17)10-14(13)18/h2-7,10H,8-9H2,1H3,(H,19,20). The maximum atomic E-state index is 12.0. The molecule has 1 N–H and O–H groups in total. The van der Waals surface area contributed by atoms with Crippen LogP contribution in [0, 0.1) is 6.92 Å². The van der Waals surface area contributed by atoms with Gasteiger partial charge in [-0.2, -0.15) is 0 Å². The number of halogens is 2. The van der Waals surface area contributed by atoms with Crippen LogP contribution in [0.3, 0.4) is 0 Å². The molecule has 21 heavy (non-hydrogen) atoms. The number of amides is 1. The summed E-state index contributed by atoms with van der Waals surface area (Å²) < 4.78 is 5.60. The number of para-hydroxylation sites is 1. The molecule has 0 atom stereocenters. The highest BCUT2D eigenvalue weighted by Gasteiger charge is 2.10. The van der Waals surface area contributed by atoms with Crippen molar-refractivity contribution in [3.63, 3.8) is 0 Å². The van der Waals surface area contributed by atoms with Crippen molar-refractivity contribution in [2.75, 3.05) is 13.2 Å². The van der Waals surface area contributed by atoms with Crippen LogP contribution in [0.5, 0.6) is 5.75 Å². The lowest BCUT2D eigenvalue weighted by molar-refractivity contribution is 0.0947. The highest BCUT2D eigenvalue weighted by atomic mass is 35.5. The van der Waals surface area contributed by atoms with Crippen LogP contribution in [-0.2, 0) is 0 Å². The highest BCUT2D eigenvalue weighted by molar-refractivity contribution is 6.36. The second kappa shape index (κ2) is 7.34. The third-order valence-electron chi connectivity index (χ3n) is 2.91. The number of aryl methyl sites for hydroxylation is 1. The van der Waals surface area contributed by atoms with Gasteiger partial charge in [0, 0.05) is 5.02 Å². The average molecular weight is 324 g/mol. The van der Waals surface area contributed by atoms with Gasteiger partial charge in [-0.05, 0) is 36.8 Å². The van der Waals surface area contributed by atoms with E-state index in [4.69, 9.17) is 27.9 Å². The van der Waals surface area contributed by atoms with Crippen LogP contribution in [0.4, 0.5) is 0 Å². The molecule has 2 aromatic rings. The van der Waals surface area contributed by atoms with E-state index in [1.807, 2.05) is 31.2 Å². The number of rotatable bonds is 5. The number of carbonyl (C=O) groups excluding carboxylic acids is 1. The highest BCUT2D eigenvalue weighted by Crippen LogP contribution is 2.20. The topological polar surface area (TPSA) is 38.3 Å². The Morgan fingerprint density at radius 1 is 1.19 bits per heavy atom. The van der Waals surface area contributed by atoms with Gasteiger partial charge in [0.05, 0.1) is 17.1 Å². The van der Waals surface area contributed by atoms with E-state index in [-0.39, 0.29) is 5.91 Å². The fourth-order valence-corrected chi connectivity index (χ4v) is 2.31. The zero-order valence-corrected chi connectivity index (χ0v) is 13.0. The first-order chi connectivity index (χ1) is 10.1. The van der Waals surface area contributed by atoms with Crippen molar-refractivity contribution in [3.05, 3.63) is 63.6 Å². The van der Waals surface area contributed by atoms with Gasteiger partial charge in [0.15, 0.2) is 0 Å². The van der Waals surface area contributed by atoms with E-state index in [9.17, 15) is 4.79 Å². The number of carbonyl (C=O) groups is 1. The van der Waals surface area contributed by atoms with Crippen molar-refractivity contribution in [3.8, 4) is 5.75 Å². The van der Waals surface area contributed by atoms with Crippen LogP contribution < -0.4 is 10.1 Å². The molecular weight excluding hydrogens is 309 g/mol. The molecule has 5 heteroatoms. The zero-order valence-electron chi connectivity index (χ0n) is 11.5. The van der Waals surface area contributed by atoms with Gasteiger partial charge in [-0.1, -0.05) is 41.4 Å². The summed E-state index contributed by atoms with van der Waals surface area (Å²) in [7, 11) is 0. The predicted octanol–water partition coefficient (Wildman–Crippen LogP) is 4.11. The van der Waals surface area contributed by atoms with E-state index in [0.717, 1.165) is 11.3 Å². The molecule has 0 radical (unpaired) electrons. The summed E-state index contributed by atoms with van der Waals surface area (Å²) >= 11 is 11.8. The summed E-state index contributed by atoms with van der Waals surface area (Å²) in [5.41, 5.74) is 1.46. The number of nitrogens with one attached hydrogen (secondary N) is 1. The van der Waals surface area contributed by atoms with Crippen molar-refractivity contribution in [2.45, 2.75) is 6.92 Å². The van der Waals surface area contributed by atoms with Crippen LogP contribution in [0.15, 0.2) is 42.5 Å². The number of hydrogen-bond acceptors (Lipinski definition) is 2. The zero-order chi connectivity index (χ0) is 15.2. The molecule has 0 aromatic heterocycles. The predicted molar refractivity (Wildman–Crippen MR) is 85.5 cm³/mol. The Labute approximate surface area is 133 Å². The third kappa shape index (κ3) is 4.38. The number of ether oxygens (including phenoxy) is 1. The van der Waals surface area contributed by atoms with Gasteiger partial charge in [0.25, 0.3) is 5.91 Å². The summed E-state index contributed by atoms with van der Waals surface area (Å²) in [6.45, 7) is 2.76. The molecule has 0 saturated heterocycles. The fraction of sp³-hybridized carbons (Fsp3) is 0.188. The first-order valence-electron chi connectivity index (χ1n) is 6.49. The lowest BCUT2D eigenvalue weighted by Gasteiger charge is -2.10. The molecule has 0 aliphatic carbocycles. The minimum atomic E-state index is -0.245. The van der Waals surface area contributed by atoms with E-state index in [0.29, 0.717) is 28.8 Å². The van der Waals surface area contributed by atoms with Crippen molar-refractivity contribution in [1.82, 2.24) is 5.32 Å². The lowest BCUT2D eigenvalue weighted by Crippen LogP contribution is -2.28. The van der Waals surface area contributed by atoms with E-state index >= 15 is 0 Å². The molecule has 0 unspecified atom stereocenters. The molecule has 0 heterocycles. The average Bonchev–Trinajstić information content (AvgIpc) is 2.45. The normalized spacial score (nSPS) is 10.2. The molecule has 110 valence electrons. The second-order valence-corrected chi connectivity index (χ2v) is 5.34. The smallest absolute Gasteiger partial charge is 0.252 e. The van der Waals surface area contributed by atoms with Gasteiger partial charge in [-0.25, -0.2) is 0 Å². The summed E-state index contributed by atoms with van der Waals surface area (Å²) in [6.07, 6.45) is 0. The van der Waals surface area contributed by atoms with Crippen molar-refractivity contribution >= 4 is 29.1 Å². The summed E-state index contributed by atoms with van der Waals surface area (Å²) in [5.74, 6) is 0.571. The molecule has 1 amide bonds. The minimum absolute atomic E-state index is 0.245. The van der Waals surface area contributed by atoms with E-state index in [2.05, 4.69) is 5.32 Å². The summed E-state index contributed by atoms with van der Waals surface area (Å²) in [6, 6.07) is 12.5. The Morgan fingerprint density at radius 2 is 1.95 bits per heavy atom. The van der Waals surface area contributed by atoms with Crippen molar-refractivity contribution < 1.29 is 9.53 Å². The van der Waals surface area contributed by atoms with Crippen LogP contribution >= 0.6 is 23.2 Å². The lowest BCUT2D eigenvalue weighted by atomic mass is 10.2. The van der Waals surface area contributed by atoms with Gasteiger partial charge < -0.3 is 10.1 Å². The Bertz CT molecular complexity index is 644. The molecule has 2 aromatic carbocycles. The Balaban J connectivity index is 1.83. The van der Waals surface area contributed by atoms with Gasteiger partial charge in [0.1, 0.15) is 12.4 Å². The van der Waals surface area contributed by atoms with Gasteiger partial charge in [-0.15, -0.1) is 0 Å². The van der Waals surface area contributed by atoms with Crippen LogP contribution in [0.1, 0.15) is 15.9 Å². The molecule has 3 nitrogen and oxygen atoms in total. The molecule has 2 rings (SSSR count). The first-order valence-corrected chi connectivity index (χ1v) is 7.25. The maximum Gasteiger partial charge on any atom is 0.252 e. The molecular formula is C16H15Cl2NO2. The monoisotopic (exact) mass is 323 g/mol. The third-order valence-corrected chi connectivity index (χ3v) is 3.46. The van der Waals surface area contributed by atoms with E-state index in [1.165, 1.54) is 0 Å². The number of hydrogen-bond donors (Lipinski definition) is 1. The van der Waals surface area contributed by atoms with Crippen molar-refractivity contribution in [1.29, 1.82) is 0 Å². The van der Waals surface area contributed by atoms with Crippen LogP contribution in [0.25, 0.3) is 0 Å². The molecule has 0 fully saturated rings. The van der Waals surface area contributed by atoms with Gasteiger partial charge in [-0.3, -0.25) is 4.79 Å². The van der Waals surface area contributed by atoms with Crippen LogP contribution in [0.2, 0.25) is 10.0 Å². The molecule has 0 spiro atoms. The number of benzene rings is 2.